The molecule has 0 aromatic carbocycles. The molecule has 0 bridgehead atoms. The summed E-state index contributed by atoms with van der Waals surface area (Å²) >= 11 is 0. The van der Waals surface area contributed by atoms with Crippen LogP contribution in [0.3, 0.4) is 0 Å². The van der Waals surface area contributed by atoms with Crippen LogP contribution in [0.5, 0.6) is 0 Å². The van der Waals surface area contributed by atoms with Gasteiger partial charge in [-0.05, 0) is 113 Å². The molecule has 10 rings (SSSR count). The van der Waals surface area contributed by atoms with Crippen LogP contribution in [0.2, 0.25) is 0 Å². The lowest BCUT2D eigenvalue weighted by atomic mass is 9.47. The second-order valence-corrected chi connectivity index (χ2v) is 26.8. The molecule has 0 spiro atoms. The Morgan fingerprint density at radius 1 is 0.571 bits per heavy atom. The van der Waals surface area contributed by atoms with Crippen molar-refractivity contribution in [2.75, 3.05) is 26.9 Å². The van der Waals surface area contributed by atoms with E-state index in [2.05, 4.69) is 26.8 Å². The molecule has 4 aliphatic carbocycles. The highest BCUT2D eigenvalue weighted by atomic mass is 16.8. The van der Waals surface area contributed by atoms with Crippen LogP contribution in [-0.4, -0.2) is 270 Å². The summed E-state index contributed by atoms with van der Waals surface area (Å²) in [4.78, 5) is 0. The lowest BCUT2D eigenvalue weighted by Gasteiger charge is -2.58. The molecule has 6 saturated heterocycles. The Hall–Kier alpha value is -1.30. The first-order valence-corrected chi connectivity index (χ1v) is 30.5. The topological polar surface area (TPSA) is 394 Å². The minimum atomic E-state index is -1.88. The maximum Gasteiger partial charge on any atom is 0.187 e. The van der Waals surface area contributed by atoms with Crippen LogP contribution in [0.4, 0.5) is 0 Å². The molecule has 8 unspecified atom stereocenters. The van der Waals surface area contributed by atoms with Crippen LogP contribution >= 0.6 is 0 Å². The molecule has 9 fully saturated rings. The van der Waals surface area contributed by atoms with Crippen molar-refractivity contribution in [3.63, 3.8) is 0 Å². The van der Waals surface area contributed by atoms with Gasteiger partial charge in [-0.3, -0.25) is 0 Å². The number of allylic oxidation sites excluding steroid dienone is 1. The van der Waals surface area contributed by atoms with Crippen LogP contribution in [0.25, 0.3) is 0 Å². The van der Waals surface area contributed by atoms with Gasteiger partial charge in [-0.25, -0.2) is 0 Å². The van der Waals surface area contributed by atoms with Crippen molar-refractivity contribution in [2.24, 2.45) is 46.3 Å². The molecule has 0 amide bonds. The molecule has 26 nitrogen and oxygen atoms in total. The van der Waals surface area contributed by atoms with Gasteiger partial charge in [0.2, 0.25) is 0 Å². The Morgan fingerprint density at radius 3 is 1.75 bits per heavy atom. The summed E-state index contributed by atoms with van der Waals surface area (Å²) in [7, 11) is 1.71. The molecule has 10 aliphatic rings. The van der Waals surface area contributed by atoms with E-state index in [1.165, 1.54) is 26.3 Å². The minimum absolute atomic E-state index is 0.000235. The molecule has 14 N–H and O–H groups in total. The number of aliphatic hydroxyl groups excluding tert-OH is 14. The van der Waals surface area contributed by atoms with Gasteiger partial charge in [0.05, 0.1) is 50.3 Å². The molecule has 3 saturated carbocycles. The smallest absolute Gasteiger partial charge is 0.187 e. The normalized spacial score (nSPS) is 55.3. The van der Waals surface area contributed by atoms with Crippen molar-refractivity contribution in [1.82, 2.24) is 0 Å². The number of methoxy groups -OCH3 is 1. The monoisotopic (exact) mass is 1210 g/mol. The van der Waals surface area contributed by atoms with Crippen molar-refractivity contribution in [1.29, 1.82) is 0 Å². The van der Waals surface area contributed by atoms with Gasteiger partial charge in [0.15, 0.2) is 37.2 Å². The fourth-order valence-corrected chi connectivity index (χ4v) is 16.7. The Kier molecular flexibility index (Phi) is 20.1. The third-order valence-corrected chi connectivity index (χ3v) is 21.8. The Morgan fingerprint density at radius 2 is 1.13 bits per heavy atom. The summed E-state index contributed by atoms with van der Waals surface area (Å²) in [5.74, 6) is 0.707. The number of hydrogen-bond acceptors (Lipinski definition) is 26. The third-order valence-electron chi connectivity index (χ3n) is 21.8. The highest BCUT2D eigenvalue weighted by Gasteiger charge is 2.69. The van der Waals surface area contributed by atoms with Crippen LogP contribution in [0.15, 0.2) is 11.6 Å². The summed E-state index contributed by atoms with van der Waals surface area (Å²) in [5.41, 5.74) is 1.09. The zero-order chi connectivity index (χ0) is 60.8. The maximum atomic E-state index is 12.3. The highest BCUT2D eigenvalue weighted by Crippen LogP contribution is 2.70. The molecule has 6 aliphatic heterocycles. The molecule has 6 heterocycles. The third kappa shape index (κ3) is 11.8. The first kappa shape index (κ1) is 65.6. The molecule has 0 aromatic heterocycles. The summed E-state index contributed by atoms with van der Waals surface area (Å²) in [5, 5.41) is 150. The van der Waals surface area contributed by atoms with Gasteiger partial charge in [0, 0.05) is 19.4 Å². The van der Waals surface area contributed by atoms with Gasteiger partial charge in [0.1, 0.15) is 104 Å². The zero-order valence-corrected chi connectivity index (χ0v) is 49.3. The van der Waals surface area contributed by atoms with E-state index in [1.54, 1.807) is 7.11 Å². The van der Waals surface area contributed by atoms with E-state index < -0.39 is 179 Å². The molecule has 84 heavy (non-hydrogen) atoms. The molecule has 36 atom stereocenters. The number of fused-ring (bicyclic) bond motifs is 7. The van der Waals surface area contributed by atoms with E-state index >= 15 is 0 Å². The fourth-order valence-electron chi connectivity index (χ4n) is 16.7. The average molecular weight is 1210 g/mol. The van der Waals surface area contributed by atoms with Gasteiger partial charge in [-0.2, -0.15) is 0 Å². The Bertz CT molecular complexity index is 2220. The second-order valence-electron chi connectivity index (χ2n) is 26.8. The summed E-state index contributed by atoms with van der Waals surface area (Å²) in [6.07, 6.45) is -28.2. The molecule has 484 valence electrons. The zero-order valence-electron chi connectivity index (χ0n) is 49.3. The maximum absolute atomic E-state index is 12.3. The van der Waals surface area contributed by atoms with E-state index in [0.29, 0.717) is 43.4 Å². The van der Waals surface area contributed by atoms with E-state index in [4.69, 9.17) is 56.8 Å². The summed E-state index contributed by atoms with van der Waals surface area (Å²) in [6.45, 7) is 12.4. The Balaban J connectivity index is 0.792. The van der Waals surface area contributed by atoms with Gasteiger partial charge >= 0.3 is 0 Å². The van der Waals surface area contributed by atoms with Crippen LogP contribution < -0.4 is 0 Å². The standard InChI is InChI=1S/C58H96O26/c1-22(21-74-51-43(68)41(66)38(63)33(19-59)79-51)11-16-58(73-8)23(2)35-32(84-58)18-31-29-10-9-27-17-28(12-14-56(27,6)30(29)13-15-57(31,35)7)78-55-50(83-53-45(70)40(65)37(62)25(4)76-53)47(72)49(34(20-60)80-55)82-54-46(71)42(67)48(26(5)77-54)81-52-44(69)39(64)36(61)24(3)75-52/h9,22-26,28-55,59-72H,10-21H2,1-8H3/t22-,23?,24+,25+,26+,28?,29?,30?,31?,32?,33-,34-,35?,36+,37+,38-,39-,40-,41+,42+,43-,44-,45-,46-,47+,48+,49-,50-,51-,52+,53+,54+,55-,56+,57+,58?/m1/s1. The molecular weight excluding hydrogens is 1110 g/mol. The Labute approximate surface area is 489 Å². The van der Waals surface area contributed by atoms with Gasteiger partial charge in [-0.1, -0.05) is 39.3 Å². The second kappa shape index (κ2) is 25.8. The molecular formula is C58H96O26. The number of ether oxygens (including phenoxy) is 12. The van der Waals surface area contributed by atoms with Gasteiger partial charge in [-0.15, -0.1) is 0 Å². The van der Waals surface area contributed by atoms with Crippen molar-refractivity contribution >= 4 is 0 Å². The van der Waals surface area contributed by atoms with Crippen LogP contribution in [-0.2, 0) is 56.8 Å². The number of hydrogen-bond donors (Lipinski definition) is 14. The average Bonchev–Trinajstić information content (AvgIpc) is 1.99. The lowest BCUT2D eigenvalue weighted by Crippen LogP contribution is -2.67. The first-order chi connectivity index (χ1) is 39.7. The van der Waals surface area contributed by atoms with Crippen molar-refractivity contribution in [3.8, 4) is 0 Å². The van der Waals surface area contributed by atoms with E-state index in [1.807, 2.05) is 6.92 Å². The predicted octanol–water partition coefficient (Wildman–Crippen LogP) is -2.47. The lowest BCUT2D eigenvalue weighted by molar-refractivity contribution is -0.394. The molecule has 26 heteroatoms. The first-order valence-electron chi connectivity index (χ1n) is 30.5. The van der Waals surface area contributed by atoms with Crippen LogP contribution in [0.1, 0.15) is 106 Å². The van der Waals surface area contributed by atoms with Gasteiger partial charge in [0.25, 0.3) is 0 Å². The van der Waals surface area contributed by atoms with E-state index in [9.17, 15) is 71.5 Å². The largest absolute Gasteiger partial charge is 0.394 e. The fraction of sp³-hybridized carbons (Fsp3) is 0.966. The van der Waals surface area contributed by atoms with Crippen molar-refractivity contribution < 1.29 is 128 Å². The predicted molar refractivity (Wildman–Crippen MR) is 285 cm³/mol. The summed E-state index contributed by atoms with van der Waals surface area (Å²) in [6, 6.07) is 0. The van der Waals surface area contributed by atoms with Gasteiger partial charge < -0.3 is 128 Å². The molecule has 0 radical (unpaired) electrons. The number of rotatable bonds is 17. The van der Waals surface area contributed by atoms with Crippen LogP contribution in [0, 0.1) is 46.3 Å². The minimum Gasteiger partial charge on any atom is -0.394 e. The quantitative estimate of drug-likeness (QED) is 0.0671. The van der Waals surface area contributed by atoms with E-state index in [0.717, 1.165) is 32.1 Å². The summed E-state index contributed by atoms with van der Waals surface area (Å²) < 4.78 is 73.6. The molecule has 0 aromatic rings. The van der Waals surface area contributed by atoms with Crippen molar-refractivity contribution in [3.05, 3.63) is 11.6 Å². The van der Waals surface area contributed by atoms with Crippen molar-refractivity contribution in [2.45, 2.75) is 278 Å². The SMILES string of the molecule is COC1(CC[C@@H](C)CO[C@@H]2O[C@H](CO)[C@@H](O)[C@H](O)[C@H]2O)OC2CC3C4CC=C5CC(O[C@@H]6O[C@H](CO)[C@@H](O[C@@H]7O[C@@H](C)[C@H](O[C@@H]8O[C@@H](C)[C@H](O)[C@@H](O)[C@H]8O)[C@@H](O)[C@H]7O)[C@H](O)[C@H]6O[C@@H]6O[C@@H](C)[C@H](O)[C@@H](O)[C@H]6O)CC[C@]5(C)C4CC[C@]3(C)C2C1C. The number of aliphatic hydroxyl groups is 14. The highest BCUT2D eigenvalue weighted by molar-refractivity contribution is 5.26. The van der Waals surface area contributed by atoms with E-state index in [-0.39, 0.29) is 41.3 Å².